The first-order valence-corrected chi connectivity index (χ1v) is 13.8. The largest absolute Gasteiger partial charge is 0.465 e. The lowest BCUT2D eigenvalue weighted by Crippen LogP contribution is -2.46. The number of amides is 1. The summed E-state index contributed by atoms with van der Waals surface area (Å²) in [6.07, 6.45) is 1.77. The number of hydrogen-bond donors (Lipinski definition) is 2. The van der Waals surface area contributed by atoms with Crippen molar-refractivity contribution in [2.24, 2.45) is 5.92 Å². The fraction of sp³-hybridized carbons (Fsp3) is 0.407. The van der Waals surface area contributed by atoms with E-state index in [0.717, 1.165) is 10.4 Å². The highest BCUT2D eigenvalue weighted by molar-refractivity contribution is 7.18. The normalized spacial score (nSPS) is 19.8. The molecule has 1 saturated carbocycles. The fourth-order valence-electron chi connectivity index (χ4n) is 4.50. The Hall–Kier alpha value is -3.11. The first-order chi connectivity index (χ1) is 17.5. The predicted molar refractivity (Wildman–Crippen MR) is 145 cm³/mol. The van der Waals surface area contributed by atoms with E-state index < -0.39 is 17.2 Å². The number of ether oxygens (including phenoxy) is 1. The van der Waals surface area contributed by atoms with Crippen LogP contribution in [0, 0.1) is 5.92 Å². The Morgan fingerprint density at radius 1 is 1.16 bits per heavy atom. The second-order valence-electron chi connectivity index (χ2n) is 10.1. The summed E-state index contributed by atoms with van der Waals surface area (Å²) in [7, 11) is 1.32. The molecular weight excluding hydrogens is 513 g/mol. The fourth-order valence-corrected chi connectivity index (χ4v) is 6.07. The zero-order valence-electron chi connectivity index (χ0n) is 21.2. The molecule has 2 N–H and O–H groups in total. The van der Waals surface area contributed by atoms with E-state index in [0.29, 0.717) is 47.6 Å². The molecule has 37 heavy (non-hydrogen) atoms. The van der Waals surface area contributed by atoms with Crippen LogP contribution < -0.4 is 10.6 Å². The van der Waals surface area contributed by atoms with Gasteiger partial charge >= 0.3 is 5.97 Å². The average Bonchev–Trinajstić information content (AvgIpc) is 3.54. The zero-order valence-corrected chi connectivity index (χ0v) is 22.9. The van der Waals surface area contributed by atoms with Crippen molar-refractivity contribution in [2.45, 2.75) is 57.7 Å². The molecule has 2 aromatic heterocycles. The lowest BCUT2D eigenvalue weighted by atomic mass is 9.75. The number of nitrogens with one attached hydrogen (secondary N) is 2. The third-order valence-corrected chi connectivity index (χ3v) is 8.41. The van der Waals surface area contributed by atoms with Crippen LogP contribution in [0.25, 0.3) is 10.4 Å². The Kier molecular flexibility index (Phi) is 7.80. The molecule has 1 fully saturated rings. The molecule has 10 heteroatoms. The average molecular weight is 544 g/mol. The lowest BCUT2D eigenvalue weighted by molar-refractivity contribution is -0.128. The number of rotatable bonds is 8. The number of methoxy groups -OCH3 is 1. The van der Waals surface area contributed by atoms with Crippen LogP contribution in [0.3, 0.4) is 0 Å². The van der Waals surface area contributed by atoms with Crippen molar-refractivity contribution in [3.8, 4) is 10.4 Å². The van der Waals surface area contributed by atoms with Crippen LogP contribution in [0.5, 0.6) is 0 Å². The van der Waals surface area contributed by atoms with Crippen molar-refractivity contribution in [1.29, 1.82) is 0 Å². The number of halogens is 1. The number of ketones is 1. The first-order valence-electron chi connectivity index (χ1n) is 12.0. The number of benzene rings is 1. The topological polar surface area (TPSA) is 97.4 Å². The van der Waals surface area contributed by atoms with Gasteiger partial charge in [-0.1, -0.05) is 12.1 Å². The number of alkyl halides is 1. The molecule has 0 unspecified atom stereocenters. The molecule has 7 nitrogen and oxygen atoms in total. The third kappa shape index (κ3) is 6.24. The number of thiophene rings is 1. The summed E-state index contributed by atoms with van der Waals surface area (Å²) >= 11 is 2.61. The number of aromatic nitrogens is 1. The van der Waals surface area contributed by atoms with E-state index in [4.69, 9.17) is 4.74 Å². The summed E-state index contributed by atoms with van der Waals surface area (Å²) in [4.78, 5) is 43.3. The Balaban J connectivity index is 1.52. The highest BCUT2D eigenvalue weighted by atomic mass is 32.1. The lowest BCUT2D eigenvalue weighted by Gasteiger charge is -2.35. The predicted octanol–water partition coefficient (Wildman–Crippen LogP) is 6.59. The second-order valence-corrected chi connectivity index (χ2v) is 11.8. The van der Waals surface area contributed by atoms with Gasteiger partial charge in [0.25, 0.3) is 5.91 Å². The zero-order chi connectivity index (χ0) is 26.8. The van der Waals surface area contributed by atoms with Gasteiger partial charge in [-0.15, -0.1) is 22.7 Å². The highest BCUT2D eigenvalue weighted by Crippen LogP contribution is 2.40. The molecule has 1 aromatic carbocycles. The van der Waals surface area contributed by atoms with E-state index in [2.05, 4.69) is 15.6 Å². The molecule has 4 rings (SSSR count). The maximum atomic E-state index is 14.2. The SMILES string of the molecule is COC(=O)c1sc(-c2ccc(NC(=O)c3cscn3)cc2)cc1NC(C)(C)C(=O)C1CCC(C)(F)CC1. The van der Waals surface area contributed by atoms with Crippen LogP contribution in [-0.2, 0) is 9.53 Å². The Morgan fingerprint density at radius 3 is 2.43 bits per heavy atom. The van der Waals surface area contributed by atoms with Gasteiger partial charge in [-0.2, -0.15) is 0 Å². The van der Waals surface area contributed by atoms with E-state index in [1.807, 2.05) is 18.2 Å². The molecular formula is C27H30FN3O4S2. The summed E-state index contributed by atoms with van der Waals surface area (Å²) in [6.45, 7) is 5.17. The number of nitrogens with zero attached hydrogens (tertiary/aromatic N) is 1. The standard InChI is InChI=1S/C27H30FN3O4S2/c1-26(2,23(32)17-9-11-27(3,28)12-10-17)31-19-13-21(37-22(19)25(34)35-4)16-5-7-18(8-6-16)30-24(33)20-14-36-15-29-20/h5-8,13-15,17,31H,9-12H2,1-4H3,(H,30,33). The van der Waals surface area contributed by atoms with E-state index in [-0.39, 0.29) is 17.6 Å². The molecule has 3 aromatic rings. The van der Waals surface area contributed by atoms with Gasteiger partial charge in [0.05, 0.1) is 23.8 Å². The van der Waals surface area contributed by atoms with Gasteiger partial charge in [-0.25, -0.2) is 14.2 Å². The Labute approximate surface area is 223 Å². The van der Waals surface area contributed by atoms with Gasteiger partial charge in [0, 0.05) is 21.9 Å². The maximum Gasteiger partial charge on any atom is 0.350 e. The number of anilines is 2. The van der Waals surface area contributed by atoms with Gasteiger partial charge in [-0.05, 0) is 70.2 Å². The quantitative estimate of drug-likeness (QED) is 0.311. The number of Topliss-reactive ketones (excluding diaryl/α,β-unsaturated/α-hetero) is 1. The number of thiazole rings is 1. The van der Waals surface area contributed by atoms with Crippen LogP contribution in [0.4, 0.5) is 15.8 Å². The monoisotopic (exact) mass is 543 g/mol. The smallest absolute Gasteiger partial charge is 0.350 e. The minimum Gasteiger partial charge on any atom is -0.465 e. The van der Waals surface area contributed by atoms with E-state index in [9.17, 15) is 18.8 Å². The van der Waals surface area contributed by atoms with Crippen LogP contribution in [-0.4, -0.2) is 41.0 Å². The van der Waals surface area contributed by atoms with Crippen LogP contribution in [0.2, 0.25) is 0 Å². The summed E-state index contributed by atoms with van der Waals surface area (Å²) in [6, 6.07) is 9.08. The number of hydrogen-bond acceptors (Lipinski definition) is 8. The van der Waals surface area contributed by atoms with E-state index in [1.54, 1.807) is 43.8 Å². The van der Waals surface area contributed by atoms with Crippen molar-refractivity contribution in [3.63, 3.8) is 0 Å². The third-order valence-electron chi connectivity index (χ3n) is 6.66. The van der Waals surface area contributed by atoms with Gasteiger partial charge in [0.15, 0.2) is 5.78 Å². The van der Waals surface area contributed by atoms with Crippen molar-refractivity contribution in [3.05, 3.63) is 51.8 Å². The maximum absolute atomic E-state index is 14.2. The van der Waals surface area contributed by atoms with Crippen LogP contribution in [0.15, 0.2) is 41.2 Å². The molecule has 2 heterocycles. The molecule has 1 amide bonds. The molecule has 1 aliphatic carbocycles. The molecule has 0 spiro atoms. The molecule has 0 atom stereocenters. The highest BCUT2D eigenvalue weighted by Gasteiger charge is 2.40. The second kappa shape index (κ2) is 10.7. The molecule has 0 bridgehead atoms. The summed E-state index contributed by atoms with van der Waals surface area (Å²) < 4.78 is 19.2. The van der Waals surface area contributed by atoms with Gasteiger partial charge in [0.1, 0.15) is 16.2 Å². The van der Waals surface area contributed by atoms with Crippen molar-refractivity contribution in [2.75, 3.05) is 17.7 Å². The Morgan fingerprint density at radius 2 is 1.84 bits per heavy atom. The molecule has 0 saturated heterocycles. The Bertz CT molecular complexity index is 1270. The number of carbonyl (C=O) groups excluding carboxylic acids is 3. The number of carbonyl (C=O) groups is 3. The number of esters is 1. The minimum atomic E-state index is -1.21. The summed E-state index contributed by atoms with van der Waals surface area (Å²) in [5.41, 5.74) is 1.75. The van der Waals surface area contributed by atoms with Crippen molar-refractivity contribution in [1.82, 2.24) is 4.98 Å². The van der Waals surface area contributed by atoms with Crippen LogP contribution in [0.1, 0.15) is 66.6 Å². The minimum absolute atomic E-state index is 0.00627. The summed E-state index contributed by atoms with van der Waals surface area (Å²) in [5, 5.41) is 7.75. The van der Waals surface area contributed by atoms with E-state index >= 15 is 0 Å². The van der Waals surface area contributed by atoms with Gasteiger partial charge in [0.2, 0.25) is 0 Å². The molecule has 0 radical (unpaired) electrons. The molecule has 0 aliphatic heterocycles. The van der Waals surface area contributed by atoms with E-state index in [1.165, 1.54) is 29.8 Å². The molecule has 196 valence electrons. The van der Waals surface area contributed by atoms with Gasteiger partial charge < -0.3 is 15.4 Å². The van der Waals surface area contributed by atoms with Gasteiger partial charge in [-0.3, -0.25) is 9.59 Å². The van der Waals surface area contributed by atoms with Crippen molar-refractivity contribution >= 4 is 51.7 Å². The first kappa shape index (κ1) is 26.9. The van der Waals surface area contributed by atoms with Crippen molar-refractivity contribution < 1.29 is 23.5 Å². The molecule has 1 aliphatic rings. The van der Waals surface area contributed by atoms with Crippen LogP contribution >= 0.6 is 22.7 Å². The summed E-state index contributed by atoms with van der Waals surface area (Å²) in [5.74, 6) is -1.00.